The van der Waals surface area contributed by atoms with E-state index >= 15 is 0 Å². The molecule has 84 valence electrons. The van der Waals surface area contributed by atoms with Gasteiger partial charge in [-0.05, 0) is 18.9 Å². The van der Waals surface area contributed by atoms with E-state index < -0.39 is 0 Å². The topological polar surface area (TPSA) is 40.7 Å². The average Bonchev–Trinajstić information content (AvgIpc) is 2.79. The number of nitrogens with one attached hydrogen (secondary N) is 2. The lowest BCUT2D eigenvalue weighted by atomic mass is 9.87. The fourth-order valence-corrected chi connectivity index (χ4v) is 2.39. The lowest BCUT2D eigenvalue weighted by molar-refractivity contribution is 0.333. The quantitative estimate of drug-likeness (QED) is 0.728. The molecule has 1 heterocycles. The van der Waals surface area contributed by atoms with Crippen LogP contribution in [0.15, 0.2) is 12.5 Å². The van der Waals surface area contributed by atoms with E-state index in [1.54, 1.807) is 6.33 Å². The predicted octanol–water partition coefficient (Wildman–Crippen LogP) is 2.47. The Morgan fingerprint density at radius 2 is 2.20 bits per heavy atom. The summed E-state index contributed by atoms with van der Waals surface area (Å²) < 4.78 is 0. The largest absolute Gasteiger partial charge is 0.347 e. The van der Waals surface area contributed by atoms with E-state index in [2.05, 4.69) is 15.3 Å². The van der Waals surface area contributed by atoms with E-state index in [1.807, 2.05) is 6.20 Å². The fraction of sp³-hybridized carbons (Fsp3) is 0.750. The summed E-state index contributed by atoms with van der Waals surface area (Å²) in [7, 11) is 0. The molecule has 0 bridgehead atoms. The van der Waals surface area contributed by atoms with Crippen LogP contribution in [0.3, 0.4) is 0 Å². The van der Waals surface area contributed by atoms with Gasteiger partial charge in [-0.1, -0.05) is 32.1 Å². The highest BCUT2D eigenvalue weighted by Gasteiger charge is 2.12. The Kier molecular flexibility index (Phi) is 4.21. The number of aromatic nitrogens is 2. The van der Waals surface area contributed by atoms with E-state index in [9.17, 15) is 0 Å². The zero-order valence-electron chi connectivity index (χ0n) is 9.34. The molecule has 0 spiro atoms. The van der Waals surface area contributed by atoms with Crippen LogP contribution in [0.25, 0.3) is 0 Å². The van der Waals surface area contributed by atoms with Gasteiger partial charge in [0.25, 0.3) is 0 Å². The first kappa shape index (κ1) is 10.7. The van der Waals surface area contributed by atoms with Gasteiger partial charge >= 0.3 is 0 Å². The van der Waals surface area contributed by atoms with Gasteiger partial charge in [-0.25, -0.2) is 4.98 Å². The summed E-state index contributed by atoms with van der Waals surface area (Å²) in [6.07, 6.45) is 12.2. The molecule has 3 heteroatoms. The molecule has 0 unspecified atom stereocenters. The van der Waals surface area contributed by atoms with Gasteiger partial charge in [0.1, 0.15) is 0 Å². The highest BCUT2D eigenvalue weighted by atomic mass is 14.9. The second-order valence-electron chi connectivity index (χ2n) is 4.55. The van der Waals surface area contributed by atoms with Crippen LogP contribution in [0.2, 0.25) is 0 Å². The van der Waals surface area contributed by atoms with Gasteiger partial charge in [0.05, 0.1) is 6.33 Å². The summed E-state index contributed by atoms with van der Waals surface area (Å²) >= 11 is 0. The predicted molar refractivity (Wildman–Crippen MR) is 61.5 cm³/mol. The minimum atomic E-state index is 0.923. The van der Waals surface area contributed by atoms with Crippen LogP contribution in [0.5, 0.6) is 0 Å². The van der Waals surface area contributed by atoms with Crippen LogP contribution in [-0.2, 0) is 6.54 Å². The lowest BCUT2D eigenvalue weighted by Crippen LogP contribution is -2.19. The third-order valence-electron chi connectivity index (χ3n) is 3.32. The van der Waals surface area contributed by atoms with Crippen molar-refractivity contribution >= 4 is 0 Å². The minimum absolute atomic E-state index is 0.923. The molecule has 2 rings (SSSR count). The minimum Gasteiger partial charge on any atom is -0.347 e. The van der Waals surface area contributed by atoms with E-state index in [0.717, 1.165) is 19.0 Å². The zero-order valence-corrected chi connectivity index (χ0v) is 9.34. The first-order chi connectivity index (χ1) is 7.45. The SMILES string of the molecule is c1ncc(CNCCC2CCCCC2)[nH]1. The van der Waals surface area contributed by atoms with E-state index in [4.69, 9.17) is 0 Å². The Bertz CT molecular complexity index is 250. The number of aromatic amines is 1. The summed E-state index contributed by atoms with van der Waals surface area (Å²) in [6.45, 7) is 2.07. The van der Waals surface area contributed by atoms with E-state index in [1.165, 1.54) is 44.2 Å². The zero-order chi connectivity index (χ0) is 10.3. The van der Waals surface area contributed by atoms with Crippen molar-refractivity contribution in [2.45, 2.75) is 45.1 Å². The van der Waals surface area contributed by atoms with Gasteiger partial charge in [0.15, 0.2) is 0 Å². The molecule has 1 aromatic heterocycles. The number of H-pyrrole nitrogens is 1. The Hall–Kier alpha value is -0.830. The van der Waals surface area contributed by atoms with Crippen molar-refractivity contribution in [2.24, 2.45) is 5.92 Å². The van der Waals surface area contributed by atoms with Crippen molar-refractivity contribution in [1.82, 2.24) is 15.3 Å². The van der Waals surface area contributed by atoms with Crippen molar-refractivity contribution in [3.05, 3.63) is 18.2 Å². The molecule has 1 aromatic rings. The maximum absolute atomic E-state index is 4.00. The third kappa shape index (κ3) is 3.67. The van der Waals surface area contributed by atoms with Gasteiger partial charge in [-0.15, -0.1) is 0 Å². The summed E-state index contributed by atoms with van der Waals surface area (Å²) in [5.41, 5.74) is 1.18. The summed E-state index contributed by atoms with van der Waals surface area (Å²) in [5, 5.41) is 3.46. The molecule has 1 aliphatic rings. The highest BCUT2D eigenvalue weighted by molar-refractivity contribution is 4.92. The number of rotatable bonds is 5. The van der Waals surface area contributed by atoms with Crippen molar-refractivity contribution in [2.75, 3.05) is 6.54 Å². The van der Waals surface area contributed by atoms with Gasteiger partial charge in [0.2, 0.25) is 0 Å². The molecular formula is C12H21N3. The Labute approximate surface area is 91.7 Å². The molecule has 15 heavy (non-hydrogen) atoms. The first-order valence-electron chi connectivity index (χ1n) is 6.13. The van der Waals surface area contributed by atoms with Crippen molar-refractivity contribution in [3.8, 4) is 0 Å². The maximum atomic E-state index is 4.00. The van der Waals surface area contributed by atoms with Crippen LogP contribution < -0.4 is 5.32 Å². The Morgan fingerprint density at radius 1 is 1.33 bits per heavy atom. The number of hydrogen-bond acceptors (Lipinski definition) is 2. The summed E-state index contributed by atoms with van der Waals surface area (Å²) in [4.78, 5) is 7.10. The molecule has 0 aromatic carbocycles. The first-order valence-corrected chi connectivity index (χ1v) is 6.13. The molecule has 1 fully saturated rings. The van der Waals surface area contributed by atoms with E-state index in [0.29, 0.717) is 0 Å². The molecule has 3 nitrogen and oxygen atoms in total. The standard InChI is InChI=1S/C12H21N3/c1-2-4-11(5-3-1)6-7-13-8-12-9-14-10-15-12/h9-11,13H,1-8H2,(H,14,15). The Morgan fingerprint density at radius 3 is 2.93 bits per heavy atom. The fourth-order valence-electron chi connectivity index (χ4n) is 2.39. The number of hydrogen-bond donors (Lipinski definition) is 2. The average molecular weight is 207 g/mol. The van der Waals surface area contributed by atoms with Crippen LogP contribution in [0.4, 0.5) is 0 Å². The van der Waals surface area contributed by atoms with Gasteiger partial charge in [-0.2, -0.15) is 0 Å². The van der Waals surface area contributed by atoms with Gasteiger partial charge < -0.3 is 10.3 Å². The van der Waals surface area contributed by atoms with Crippen molar-refractivity contribution in [1.29, 1.82) is 0 Å². The monoisotopic (exact) mass is 207 g/mol. The summed E-state index contributed by atoms with van der Waals surface area (Å²) in [6, 6.07) is 0. The number of nitrogens with zero attached hydrogens (tertiary/aromatic N) is 1. The lowest BCUT2D eigenvalue weighted by Gasteiger charge is -2.21. The Balaban J connectivity index is 1.54. The molecule has 1 aliphatic carbocycles. The molecule has 2 N–H and O–H groups in total. The van der Waals surface area contributed by atoms with Crippen LogP contribution in [0.1, 0.15) is 44.2 Å². The van der Waals surface area contributed by atoms with E-state index in [-0.39, 0.29) is 0 Å². The van der Waals surface area contributed by atoms with Gasteiger partial charge in [0, 0.05) is 18.4 Å². The van der Waals surface area contributed by atoms with Crippen molar-refractivity contribution in [3.63, 3.8) is 0 Å². The molecular weight excluding hydrogens is 186 g/mol. The molecule has 0 atom stereocenters. The second-order valence-corrected chi connectivity index (χ2v) is 4.55. The smallest absolute Gasteiger partial charge is 0.0922 e. The second kappa shape index (κ2) is 5.91. The highest BCUT2D eigenvalue weighted by Crippen LogP contribution is 2.25. The molecule has 0 saturated heterocycles. The van der Waals surface area contributed by atoms with Crippen LogP contribution >= 0.6 is 0 Å². The van der Waals surface area contributed by atoms with Crippen LogP contribution in [-0.4, -0.2) is 16.5 Å². The van der Waals surface area contributed by atoms with Crippen LogP contribution in [0, 0.1) is 5.92 Å². The summed E-state index contributed by atoms with van der Waals surface area (Å²) in [5.74, 6) is 0.980. The van der Waals surface area contributed by atoms with Gasteiger partial charge in [-0.3, -0.25) is 0 Å². The maximum Gasteiger partial charge on any atom is 0.0922 e. The number of imidazole rings is 1. The molecule has 0 aliphatic heterocycles. The molecule has 1 saturated carbocycles. The molecule has 0 radical (unpaired) electrons. The molecule has 0 amide bonds. The van der Waals surface area contributed by atoms with Crippen molar-refractivity contribution < 1.29 is 0 Å². The third-order valence-corrected chi connectivity index (χ3v) is 3.32. The normalized spacial score (nSPS) is 18.1.